The van der Waals surface area contributed by atoms with Crippen LogP contribution in [-0.4, -0.2) is 12.4 Å². The average Bonchev–Trinajstić information content (AvgIpc) is 2.57. The zero-order chi connectivity index (χ0) is 21.5. The summed E-state index contributed by atoms with van der Waals surface area (Å²) in [6.45, 7) is 10.9. The highest BCUT2D eigenvalue weighted by Gasteiger charge is 2.72. The first-order chi connectivity index (χ1) is 12.5. The van der Waals surface area contributed by atoms with Crippen LogP contribution < -0.4 is 0 Å². The Morgan fingerprint density at radius 3 is 1.07 bits per heavy atom. The summed E-state index contributed by atoms with van der Waals surface area (Å²) in [5, 5.41) is 0. The molecule has 0 heterocycles. The third-order valence-electron chi connectivity index (χ3n) is 3.75. The van der Waals surface area contributed by atoms with Crippen molar-refractivity contribution in [2.75, 3.05) is 0 Å². The van der Waals surface area contributed by atoms with Crippen LogP contribution in [0.3, 0.4) is 0 Å². The van der Waals surface area contributed by atoms with Crippen molar-refractivity contribution in [3.63, 3.8) is 0 Å². The number of alkyl halides is 6. The van der Waals surface area contributed by atoms with Crippen molar-refractivity contribution in [3.05, 3.63) is 70.8 Å². The molecule has 6 heteroatoms. The SMILES string of the molecule is CC.CC.Cc1cccc(C(c2cccc(C)c2)(C(F)(F)F)C(F)(F)F)c1. The summed E-state index contributed by atoms with van der Waals surface area (Å²) in [6.07, 6.45) is -11.1. The van der Waals surface area contributed by atoms with Crippen molar-refractivity contribution in [1.29, 1.82) is 0 Å². The number of hydrogen-bond acceptors (Lipinski definition) is 0. The van der Waals surface area contributed by atoms with Gasteiger partial charge in [-0.1, -0.05) is 87.4 Å². The molecular formula is C21H26F6. The second-order valence-electron chi connectivity index (χ2n) is 5.48. The van der Waals surface area contributed by atoms with Crippen LogP contribution in [0.5, 0.6) is 0 Å². The largest absolute Gasteiger partial charge is 0.411 e. The van der Waals surface area contributed by atoms with Crippen LogP contribution in [0.1, 0.15) is 49.9 Å². The van der Waals surface area contributed by atoms with Crippen molar-refractivity contribution in [1.82, 2.24) is 0 Å². The lowest BCUT2D eigenvalue weighted by Gasteiger charge is -2.38. The minimum Gasteiger partial charge on any atom is -0.169 e. The number of halogens is 6. The van der Waals surface area contributed by atoms with Crippen molar-refractivity contribution in [2.24, 2.45) is 0 Å². The van der Waals surface area contributed by atoms with Gasteiger partial charge in [0.2, 0.25) is 5.41 Å². The van der Waals surface area contributed by atoms with Gasteiger partial charge < -0.3 is 0 Å². The Morgan fingerprint density at radius 2 is 0.852 bits per heavy atom. The van der Waals surface area contributed by atoms with E-state index in [9.17, 15) is 26.3 Å². The van der Waals surface area contributed by atoms with Crippen LogP contribution in [-0.2, 0) is 5.41 Å². The highest BCUT2D eigenvalue weighted by atomic mass is 19.4. The van der Waals surface area contributed by atoms with Gasteiger partial charge in [-0.3, -0.25) is 0 Å². The van der Waals surface area contributed by atoms with E-state index in [1.54, 1.807) is 0 Å². The minimum absolute atomic E-state index is 0.327. The lowest BCUT2D eigenvalue weighted by molar-refractivity contribution is -0.288. The van der Waals surface area contributed by atoms with Gasteiger partial charge in [0.15, 0.2) is 0 Å². The van der Waals surface area contributed by atoms with Gasteiger partial charge in [-0.05, 0) is 25.0 Å². The van der Waals surface area contributed by atoms with Crippen LogP contribution in [0.4, 0.5) is 26.3 Å². The Balaban J connectivity index is 0.00000158. The highest BCUT2D eigenvalue weighted by molar-refractivity contribution is 5.46. The van der Waals surface area contributed by atoms with Gasteiger partial charge >= 0.3 is 12.4 Å². The molecule has 0 bridgehead atoms. The summed E-state index contributed by atoms with van der Waals surface area (Å²) in [5.41, 5.74) is -5.06. The van der Waals surface area contributed by atoms with E-state index in [0.29, 0.717) is 11.1 Å². The van der Waals surface area contributed by atoms with Crippen LogP contribution in [0.15, 0.2) is 48.5 Å². The van der Waals surface area contributed by atoms with Crippen molar-refractivity contribution in [3.8, 4) is 0 Å². The molecule has 0 fully saturated rings. The van der Waals surface area contributed by atoms with Gasteiger partial charge in [0, 0.05) is 0 Å². The maximum Gasteiger partial charge on any atom is 0.411 e. The lowest BCUT2D eigenvalue weighted by atomic mass is 9.72. The number of benzene rings is 2. The monoisotopic (exact) mass is 392 g/mol. The van der Waals surface area contributed by atoms with Crippen LogP contribution in [0.25, 0.3) is 0 Å². The summed E-state index contributed by atoms with van der Waals surface area (Å²) in [4.78, 5) is 0. The molecule has 0 N–H and O–H groups in total. The molecule has 27 heavy (non-hydrogen) atoms. The fourth-order valence-electron chi connectivity index (χ4n) is 2.74. The van der Waals surface area contributed by atoms with Gasteiger partial charge in [-0.15, -0.1) is 0 Å². The van der Waals surface area contributed by atoms with Gasteiger partial charge in [0.1, 0.15) is 0 Å². The summed E-state index contributed by atoms with van der Waals surface area (Å²) >= 11 is 0. The zero-order valence-corrected chi connectivity index (χ0v) is 16.4. The zero-order valence-electron chi connectivity index (χ0n) is 16.4. The molecule has 0 nitrogen and oxygen atoms in total. The molecule has 0 saturated carbocycles. The van der Waals surface area contributed by atoms with Crippen LogP contribution in [0, 0.1) is 13.8 Å². The topological polar surface area (TPSA) is 0 Å². The number of rotatable bonds is 2. The van der Waals surface area contributed by atoms with Crippen LogP contribution >= 0.6 is 0 Å². The third kappa shape index (κ3) is 5.05. The lowest BCUT2D eigenvalue weighted by Crippen LogP contribution is -2.54. The predicted octanol–water partition coefficient (Wildman–Crippen LogP) is 7.77. The number of hydrogen-bond donors (Lipinski definition) is 0. The second kappa shape index (κ2) is 9.81. The Labute approximate surface area is 157 Å². The third-order valence-corrected chi connectivity index (χ3v) is 3.75. The molecule has 2 rings (SSSR count). The van der Waals surface area contributed by atoms with Crippen molar-refractivity contribution in [2.45, 2.75) is 59.3 Å². The first-order valence-electron chi connectivity index (χ1n) is 8.78. The Morgan fingerprint density at radius 1 is 0.556 bits per heavy atom. The summed E-state index contributed by atoms with van der Waals surface area (Å²) < 4.78 is 82.7. The quantitative estimate of drug-likeness (QED) is 0.458. The molecule has 152 valence electrons. The summed E-state index contributed by atoms with van der Waals surface area (Å²) in [6, 6.07) is 8.92. The maximum absolute atomic E-state index is 13.8. The highest BCUT2D eigenvalue weighted by Crippen LogP contribution is 2.56. The van der Waals surface area contributed by atoms with E-state index < -0.39 is 28.9 Å². The first kappa shape index (κ1) is 25.0. The van der Waals surface area contributed by atoms with Gasteiger partial charge in [-0.2, -0.15) is 26.3 Å². The molecule has 0 saturated heterocycles. The molecule has 0 spiro atoms. The van der Waals surface area contributed by atoms with Gasteiger partial charge in [-0.25, -0.2) is 0 Å². The normalized spacial score (nSPS) is 11.7. The van der Waals surface area contributed by atoms with Crippen molar-refractivity contribution < 1.29 is 26.3 Å². The Kier molecular flexibility index (Phi) is 9.09. The van der Waals surface area contributed by atoms with Crippen LogP contribution in [0.2, 0.25) is 0 Å². The Hall–Kier alpha value is -1.98. The molecular weight excluding hydrogens is 366 g/mol. The fraction of sp³-hybridized carbons (Fsp3) is 0.429. The van der Waals surface area contributed by atoms with E-state index in [2.05, 4.69) is 0 Å². The molecule has 2 aromatic carbocycles. The average molecular weight is 392 g/mol. The summed E-state index contributed by atoms with van der Waals surface area (Å²) in [5.74, 6) is 0. The minimum atomic E-state index is -5.53. The molecule has 0 unspecified atom stereocenters. The van der Waals surface area contributed by atoms with Gasteiger partial charge in [0.05, 0.1) is 0 Å². The number of aryl methyl sites for hydroxylation is 2. The van der Waals surface area contributed by atoms with E-state index in [0.717, 1.165) is 24.3 Å². The molecule has 0 radical (unpaired) electrons. The van der Waals surface area contributed by atoms with E-state index >= 15 is 0 Å². The summed E-state index contributed by atoms with van der Waals surface area (Å²) in [7, 11) is 0. The predicted molar refractivity (Wildman–Crippen MR) is 97.9 cm³/mol. The van der Waals surface area contributed by atoms with Gasteiger partial charge in [0.25, 0.3) is 0 Å². The second-order valence-corrected chi connectivity index (χ2v) is 5.48. The molecule has 0 aliphatic heterocycles. The molecule has 0 amide bonds. The molecule has 0 aromatic heterocycles. The standard InChI is InChI=1S/C17H14F6.2C2H6/c1-11-5-3-7-13(9-11)15(16(18,19)20,17(21,22)23)14-8-4-6-12(2)10-14;2*1-2/h3-10H,1-2H3;2*1-2H3. The Bertz CT molecular complexity index is 637. The van der Waals surface area contributed by atoms with E-state index in [-0.39, 0.29) is 0 Å². The fourth-order valence-corrected chi connectivity index (χ4v) is 2.74. The van der Waals surface area contributed by atoms with E-state index in [4.69, 9.17) is 0 Å². The van der Waals surface area contributed by atoms with E-state index in [1.807, 2.05) is 27.7 Å². The molecule has 2 aromatic rings. The maximum atomic E-state index is 13.8. The molecule has 0 atom stereocenters. The first-order valence-corrected chi connectivity index (χ1v) is 8.78. The smallest absolute Gasteiger partial charge is 0.169 e. The molecule has 0 aliphatic carbocycles. The molecule has 0 aliphatic rings. The van der Waals surface area contributed by atoms with Crippen molar-refractivity contribution >= 4 is 0 Å². The van der Waals surface area contributed by atoms with E-state index in [1.165, 1.54) is 38.1 Å².